The highest BCUT2D eigenvalue weighted by Gasteiger charge is 2.54. The molecule has 8 heterocycles. The maximum atomic E-state index is 14.3. The van der Waals surface area contributed by atoms with Crippen molar-refractivity contribution in [2.45, 2.75) is 87.8 Å². The van der Waals surface area contributed by atoms with Gasteiger partial charge in [-0.05, 0) is 32.1 Å². The van der Waals surface area contributed by atoms with Crippen LogP contribution >= 0.6 is 47.4 Å². The Morgan fingerprint density at radius 3 is 2.04 bits per heavy atom. The number of imide groups is 1. The average Bonchev–Trinajstić information content (AvgIpc) is 2.30. The number of nitrogen functional groups attached to an aromatic ring is 2. The summed E-state index contributed by atoms with van der Waals surface area (Å²) in [5.41, 5.74) is 13.0. The van der Waals surface area contributed by atoms with E-state index in [0.29, 0.717) is 25.3 Å². The van der Waals surface area contributed by atoms with E-state index < -0.39 is 99.7 Å². The number of nitrogens with zero attached hydrogens (tertiary/aromatic N) is 12. The fraction of sp³-hybridized carbons (Fsp3) is 0.617. The molecule has 0 saturated carbocycles. The summed E-state index contributed by atoms with van der Waals surface area (Å²) in [7, 11) is 7.77. The predicted octanol–water partition coefficient (Wildman–Crippen LogP) is 3.11. The van der Waals surface area contributed by atoms with Crippen LogP contribution in [0.3, 0.4) is 0 Å². The van der Waals surface area contributed by atoms with Gasteiger partial charge in [0.1, 0.15) is 55.2 Å². The minimum Gasteiger partial charge on any atom is -0.449 e. The Kier molecular flexibility index (Phi) is 22.1. The highest BCUT2D eigenvalue weighted by atomic mass is 33.1. The van der Waals surface area contributed by atoms with Gasteiger partial charge in [0.2, 0.25) is 11.8 Å². The molecule has 4 aliphatic heterocycles. The van der Waals surface area contributed by atoms with E-state index in [1.807, 2.05) is 13.8 Å². The molecule has 4 aromatic heterocycles. The van der Waals surface area contributed by atoms with Gasteiger partial charge in [0.25, 0.3) is 11.8 Å². The Morgan fingerprint density at radius 2 is 1.39 bits per heavy atom. The van der Waals surface area contributed by atoms with Crippen molar-refractivity contribution in [2.24, 2.45) is 5.92 Å². The van der Waals surface area contributed by atoms with Crippen LogP contribution in [0.15, 0.2) is 37.5 Å². The van der Waals surface area contributed by atoms with Crippen LogP contribution < -0.4 is 11.5 Å². The maximum absolute atomic E-state index is 14.3. The summed E-state index contributed by atoms with van der Waals surface area (Å²) >= 11 is 9.84. The first-order valence-electron chi connectivity index (χ1n) is 26.4. The Labute approximate surface area is 505 Å². The number of hydrogen-bond donors (Lipinski definition) is 4. The molecule has 3 fully saturated rings. The minimum absolute atomic E-state index is 0.0198. The van der Waals surface area contributed by atoms with E-state index in [2.05, 4.69) is 42.2 Å². The van der Waals surface area contributed by atoms with Crippen LogP contribution in [0.4, 0.5) is 21.2 Å². The summed E-state index contributed by atoms with van der Waals surface area (Å²) in [6.07, 6.45) is -2.33. The van der Waals surface area contributed by atoms with Crippen LogP contribution in [-0.2, 0) is 82.1 Å². The Morgan fingerprint density at radius 1 is 0.788 bits per heavy atom. The first-order chi connectivity index (χ1) is 40.3. The highest BCUT2D eigenvalue weighted by molar-refractivity contribution is 8.77. The molecule has 32 nitrogen and oxygen atoms in total. The normalized spacial score (nSPS) is 26.2. The van der Waals surface area contributed by atoms with Crippen molar-refractivity contribution in [3.05, 3.63) is 37.5 Å². The maximum Gasteiger partial charge on any atom is 0.508 e. The smallest absolute Gasteiger partial charge is 0.449 e. The van der Waals surface area contributed by atoms with E-state index in [4.69, 9.17) is 69.8 Å². The zero-order valence-corrected chi connectivity index (χ0v) is 52.1. The number of carbonyl (C=O) groups excluding carboxylic acids is 6. The van der Waals surface area contributed by atoms with Crippen LogP contribution in [0.1, 0.15) is 52.5 Å². The zero-order chi connectivity index (χ0) is 61.4. The molecule has 85 heavy (non-hydrogen) atoms. The molecule has 0 radical (unpaired) electrons. The average molecular weight is 1310 g/mol. The molecule has 5 N–H and O–H groups in total. The molecular formula is C47H66N14O18P2S4. The molecule has 10 atom stereocenters. The molecule has 3 saturated heterocycles. The third-order valence-electron chi connectivity index (χ3n) is 13.9. The third kappa shape index (κ3) is 16.8. The zero-order valence-electron chi connectivity index (χ0n) is 47.0. The van der Waals surface area contributed by atoms with Gasteiger partial charge in [0.15, 0.2) is 41.5 Å². The van der Waals surface area contributed by atoms with Gasteiger partial charge in [-0.2, -0.15) is 0 Å². The summed E-state index contributed by atoms with van der Waals surface area (Å²) in [6, 6.07) is 0. The molecular weight excluding hydrogens is 1240 g/mol. The molecule has 4 aliphatic rings. The number of hydrogen-bond acceptors (Lipinski definition) is 28. The number of thiol groups is 1. The monoisotopic (exact) mass is 1300 g/mol. The van der Waals surface area contributed by atoms with E-state index in [0.717, 1.165) is 4.90 Å². The molecule has 5 amide bonds. The van der Waals surface area contributed by atoms with Gasteiger partial charge in [-0.25, -0.2) is 44.1 Å². The van der Waals surface area contributed by atoms with Crippen molar-refractivity contribution in [3.63, 3.8) is 0 Å². The first-order valence-corrected chi connectivity index (χ1v) is 34.0. The van der Waals surface area contributed by atoms with Crippen molar-refractivity contribution in [2.75, 3.05) is 104 Å². The standard InChI is InChI=1S/C47H66N14O18P2S4/c1-27-28-21-73-81(69,83)79-37-29(22-74-80(68,82)78-36(27)43(75-28)60-25-54-34-39(48)50-23-52-41(34)60)76-44(61-26-55-35-40(49)51-24-53-42(35)61)38(37)77-46(67)72-18-14-58(6)45(66)71-19-20-84-85-47(2,3)11-9-30(62)56(4)12-13-57(5)31(63)10-16-70-17-15-59-32(64)7-8-33(59)65/h7-8,23-29,36-38,43-44H,9-22H2,1-6H3,(H,68,82)(H,69,83)(H2,48,50,52)(H2,49,51,53)/t27-,28-,29-,36-,37-,38-,43-,44-,80?,81?/m1/s1. The number of aromatic nitrogens is 8. The number of anilines is 2. The summed E-state index contributed by atoms with van der Waals surface area (Å²) in [5, 5.41) is 0. The first kappa shape index (κ1) is 65.6. The quantitative estimate of drug-likeness (QED) is 0.0207. The molecule has 8 rings (SSSR count). The van der Waals surface area contributed by atoms with Gasteiger partial charge in [0, 0.05) is 69.2 Å². The van der Waals surface area contributed by atoms with Gasteiger partial charge in [-0.1, -0.05) is 40.8 Å². The predicted molar refractivity (Wildman–Crippen MR) is 311 cm³/mol. The van der Waals surface area contributed by atoms with Gasteiger partial charge in [-0.15, -0.1) is 0 Å². The second-order valence-electron chi connectivity index (χ2n) is 20.4. The lowest BCUT2D eigenvalue weighted by molar-refractivity contribution is -0.138. The molecule has 0 spiro atoms. The third-order valence-corrected chi connectivity index (χ3v) is 20.4. The molecule has 38 heteroatoms. The minimum atomic E-state index is -4.47. The van der Waals surface area contributed by atoms with Crippen LogP contribution in [0, 0.1) is 5.92 Å². The van der Waals surface area contributed by atoms with Crippen molar-refractivity contribution < 1.29 is 84.7 Å². The second kappa shape index (κ2) is 28.7. The van der Waals surface area contributed by atoms with Crippen LogP contribution in [0.5, 0.6) is 0 Å². The molecule has 0 aromatic carbocycles. The fourth-order valence-corrected chi connectivity index (χ4v) is 14.3. The molecule has 2 unspecified atom stereocenters. The number of ether oxygens (including phenoxy) is 6. The summed E-state index contributed by atoms with van der Waals surface area (Å²) in [4.78, 5) is 118. The Balaban J connectivity index is 0.789. The number of fused-ring (bicyclic) bond motifs is 5. The van der Waals surface area contributed by atoms with Gasteiger partial charge >= 0.3 is 25.8 Å². The van der Waals surface area contributed by atoms with E-state index in [1.165, 1.54) is 74.2 Å². The lowest BCUT2D eigenvalue weighted by Crippen LogP contribution is -2.39. The molecule has 466 valence electrons. The van der Waals surface area contributed by atoms with Crippen molar-refractivity contribution in [1.29, 1.82) is 0 Å². The van der Waals surface area contributed by atoms with E-state index >= 15 is 0 Å². The number of nitrogens with two attached hydrogens (primary N) is 2. The van der Waals surface area contributed by atoms with Gasteiger partial charge in [-0.3, -0.25) is 42.3 Å². The lowest BCUT2D eigenvalue weighted by atomic mass is 10.0. The summed E-state index contributed by atoms with van der Waals surface area (Å²) < 4.78 is 75.7. The van der Waals surface area contributed by atoms with Crippen LogP contribution in [-0.4, -0.2) is 227 Å². The van der Waals surface area contributed by atoms with Crippen molar-refractivity contribution >= 4 is 129 Å². The van der Waals surface area contributed by atoms with E-state index in [9.17, 15) is 38.2 Å². The van der Waals surface area contributed by atoms with Crippen LogP contribution in [0.2, 0.25) is 0 Å². The molecule has 2 bridgehead atoms. The lowest BCUT2D eigenvalue weighted by Gasteiger charge is -2.28. The second-order valence-corrected chi connectivity index (χ2v) is 29.1. The fourth-order valence-electron chi connectivity index (χ4n) is 8.98. The van der Waals surface area contributed by atoms with E-state index in [1.54, 1.807) is 36.7 Å². The SMILES string of the molecule is C[C@H]1[C@H]2OP(O)(=S)OC[C@H]3O[C@@H](n4cnc5c(N)ncnc54)[C@H](OC(=O)OCCN(C)C(=O)OCCSSC(C)(C)CCC(=O)N(C)CCN(C)C(=O)CCOCCN4C(=O)C=CC4=O)[C@@H]3OP(=O)(S)OC[C@H]1O[C@H]2n1cnc2c(N)ncnc21. The number of rotatable bonds is 23. The Bertz CT molecular complexity index is 3200. The van der Waals surface area contributed by atoms with Crippen molar-refractivity contribution in [3.8, 4) is 0 Å². The van der Waals surface area contributed by atoms with Crippen molar-refractivity contribution in [1.82, 2.24) is 58.6 Å². The van der Waals surface area contributed by atoms with Gasteiger partial charge < -0.3 is 68.5 Å². The van der Waals surface area contributed by atoms with E-state index in [-0.39, 0.29) is 103 Å². The summed E-state index contributed by atoms with van der Waals surface area (Å²) in [6.45, 7) is -3.44. The van der Waals surface area contributed by atoms with Crippen LogP contribution in [0.25, 0.3) is 22.3 Å². The van der Waals surface area contributed by atoms with Gasteiger partial charge in [0.05, 0.1) is 64.7 Å². The highest BCUT2D eigenvalue weighted by Crippen LogP contribution is 2.59. The number of likely N-dealkylation sites (N-methyl/N-ethyl adjacent to an activating group) is 3. The topological polar surface area (TPSA) is 384 Å². The largest absolute Gasteiger partial charge is 0.508 e. The number of amides is 5. The summed E-state index contributed by atoms with van der Waals surface area (Å²) in [5.74, 6) is -1.10. The molecule has 0 aliphatic carbocycles. The Hall–Kier alpha value is -5.33. The number of carbonyl (C=O) groups is 6. The number of imidazole rings is 2. The molecule has 4 aromatic rings.